The first-order chi connectivity index (χ1) is 15.7. The first-order valence-electron chi connectivity index (χ1n) is 12.7. The van der Waals surface area contributed by atoms with E-state index in [-0.39, 0.29) is 29.2 Å². The number of nitrogens with one attached hydrogen (secondary N) is 1. The second-order valence-corrected chi connectivity index (χ2v) is 12.5. The summed E-state index contributed by atoms with van der Waals surface area (Å²) in [7, 11) is -0.510. The first kappa shape index (κ1) is 21.8. The predicted molar refractivity (Wildman–Crippen MR) is 130 cm³/mol. The van der Waals surface area contributed by atoms with Crippen LogP contribution in [0.5, 0.6) is 0 Å². The number of hydrogen-bond acceptors (Lipinski definition) is 5. The van der Waals surface area contributed by atoms with E-state index in [2.05, 4.69) is 26.8 Å². The SMILES string of the molecule is [2H]N1CCC2(CC1C(C)(C)C)C(=O)N(C1CC(=O)C1)c1cc(B3OC(C)(C)C(C)(C)O3)ccc12. The van der Waals surface area contributed by atoms with Gasteiger partial charge in [0.1, 0.15) is 7.20 Å². The van der Waals surface area contributed by atoms with Crippen molar-refractivity contribution in [3.8, 4) is 0 Å². The van der Waals surface area contributed by atoms with Gasteiger partial charge in [0.2, 0.25) is 5.91 Å². The predicted octanol–water partition coefficient (Wildman–Crippen LogP) is 3.10. The molecule has 3 aliphatic heterocycles. The lowest BCUT2D eigenvalue weighted by Gasteiger charge is -2.44. The molecule has 5 rings (SSSR count). The number of amides is 1. The lowest BCUT2D eigenvalue weighted by atomic mass is 9.66. The Morgan fingerprint density at radius 1 is 1.12 bits per heavy atom. The van der Waals surface area contributed by atoms with Crippen LogP contribution in [0, 0.1) is 5.41 Å². The lowest BCUT2D eigenvalue weighted by molar-refractivity contribution is -0.128. The standard InChI is InChI=1S/C26H37BN2O4/c1-23(2,3)21-15-26(10-11-28-21)19-9-8-16(27-32-24(4,5)25(6,7)33-27)12-20(19)29(22(26)31)17-13-18(30)14-17/h8-9,12,17,21,28H,10-11,13-15H2,1-7H3/i/hD. The molecule has 1 aromatic carbocycles. The molecule has 1 amide bonds. The Labute approximate surface area is 199 Å². The highest BCUT2D eigenvalue weighted by atomic mass is 16.7. The molecular weight excluding hydrogens is 415 g/mol. The smallest absolute Gasteiger partial charge is 0.399 e. The molecule has 178 valence electrons. The van der Waals surface area contributed by atoms with Crippen LogP contribution in [-0.2, 0) is 24.3 Å². The van der Waals surface area contributed by atoms with Crippen molar-refractivity contribution in [3.63, 3.8) is 0 Å². The molecule has 1 spiro atoms. The Morgan fingerprint density at radius 2 is 1.76 bits per heavy atom. The van der Waals surface area contributed by atoms with Crippen molar-refractivity contribution in [2.24, 2.45) is 5.41 Å². The topological polar surface area (TPSA) is 67.9 Å². The minimum atomic E-state index is -0.655. The third-order valence-corrected chi connectivity index (χ3v) is 8.67. The van der Waals surface area contributed by atoms with Gasteiger partial charge < -0.3 is 19.5 Å². The summed E-state index contributed by atoms with van der Waals surface area (Å²) in [5, 5.41) is 1.66. The van der Waals surface area contributed by atoms with Crippen LogP contribution in [0.4, 0.5) is 5.69 Å². The molecule has 1 aliphatic carbocycles. The monoisotopic (exact) mass is 453 g/mol. The number of carbonyl (C=O) groups is 2. The minimum Gasteiger partial charge on any atom is -0.399 e. The van der Waals surface area contributed by atoms with Gasteiger partial charge >= 0.3 is 7.12 Å². The van der Waals surface area contributed by atoms with Crippen molar-refractivity contribution < 1.29 is 20.3 Å². The number of piperidine rings is 1. The largest absolute Gasteiger partial charge is 0.494 e. The normalized spacial score (nSPS) is 32.3. The second-order valence-electron chi connectivity index (χ2n) is 12.5. The van der Waals surface area contributed by atoms with Crippen LogP contribution in [0.2, 0.25) is 1.41 Å². The summed E-state index contributed by atoms with van der Waals surface area (Å²) in [4.78, 5) is 28.0. The first-order valence-corrected chi connectivity index (χ1v) is 12.3. The summed E-state index contributed by atoms with van der Waals surface area (Å²) in [6, 6.07) is 6.03. The van der Waals surface area contributed by atoms with Gasteiger partial charge in [-0.15, -0.1) is 0 Å². The zero-order chi connectivity index (χ0) is 24.8. The highest BCUT2D eigenvalue weighted by molar-refractivity contribution is 6.62. The number of Topliss-reactive ketones (excluding diaryl/α,β-unsaturated/α-hetero) is 1. The number of fused-ring (bicyclic) bond motifs is 2. The van der Waals surface area contributed by atoms with Crippen LogP contribution in [-0.4, -0.2) is 48.6 Å². The van der Waals surface area contributed by atoms with Gasteiger partial charge in [0, 0.05) is 24.6 Å². The van der Waals surface area contributed by atoms with Crippen LogP contribution in [0.1, 0.15) is 79.7 Å². The van der Waals surface area contributed by atoms with Gasteiger partial charge in [-0.3, -0.25) is 9.59 Å². The third-order valence-electron chi connectivity index (χ3n) is 8.67. The van der Waals surface area contributed by atoms with Crippen molar-refractivity contribution in [1.82, 2.24) is 5.31 Å². The summed E-state index contributed by atoms with van der Waals surface area (Å²) in [5.41, 5.74) is 1.13. The van der Waals surface area contributed by atoms with Gasteiger partial charge in [0.15, 0.2) is 0 Å². The third kappa shape index (κ3) is 3.42. The van der Waals surface area contributed by atoms with Crippen molar-refractivity contribution >= 4 is 30.0 Å². The van der Waals surface area contributed by atoms with E-state index in [1.54, 1.807) is 5.31 Å². The molecule has 33 heavy (non-hydrogen) atoms. The zero-order valence-corrected chi connectivity index (χ0v) is 21.0. The Morgan fingerprint density at radius 3 is 2.33 bits per heavy atom. The maximum absolute atomic E-state index is 14.2. The lowest BCUT2D eigenvalue weighted by Crippen LogP contribution is -2.57. The molecule has 4 aliphatic rings. The maximum atomic E-state index is 14.2. The highest BCUT2D eigenvalue weighted by Gasteiger charge is 2.57. The van der Waals surface area contributed by atoms with Crippen LogP contribution in [0.3, 0.4) is 0 Å². The Kier molecular flexibility index (Phi) is 4.73. The summed E-state index contributed by atoms with van der Waals surface area (Å²) < 4.78 is 21.1. The summed E-state index contributed by atoms with van der Waals surface area (Å²) in [5.74, 6) is 0.296. The molecule has 3 heterocycles. The quantitative estimate of drug-likeness (QED) is 0.698. The van der Waals surface area contributed by atoms with E-state index < -0.39 is 23.7 Å². The van der Waals surface area contributed by atoms with E-state index in [1.165, 1.54) is 0 Å². The van der Waals surface area contributed by atoms with Crippen LogP contribution >= 0.6 is 0 Å². The molecular formula is C26H37BN2O4. The van der Waals surface area contributed by atoms with Crippen molar-refractivity contribution in [3.05, 3.63) is 23.8 Å². The van der Waals surface area contributed by atoms with Gasteiger partial charge in [0.05, 0.1) is 22.7 Å². The molecule has 0 aromatic heterocycles. The van der Waals surface area contributed by atoms with E-state index in [0.717, 1.165) is 16.7 Å². The van der Waals surface area contributed by atoms with Gasteiger partial charge in [-0.1, -0.05) is 32.9 Å². The van der Waals surface area contributed by atoms with Crippen molar-refractivity contribution in [1.29, 1.82) is 0 Å². The van der Waals surface area contributed by atoms with Gasteiger partial charge in [0.25, 0.3) is 0 Å². The Balaban J connectivity index is 1.57. The average Bonchev–Trinajstić information content (AvgIpc) is 3.06. The van der Waals surface area contributed by atoms with Crippen LogP contribution in [0.15, 0.2) is 18.2 Å². The molecule has 3 fully saturated rings. The number of benzene rings is 1. The zero-order valence-electron chi connectivity index (χ0n) is 22.0. The molecule has 2 unspecified atom stereocenters. The molecule has 2 atom stereocenters. The van der Waals surface area contributed by atoms with Crippen LogP contribution in [0.25, 0.3) is 0 Å². The fourth-order valence-corrected chi connectivity index (χ4v) is 5.67. The molecule has 6 nitrogen and oxygen atoms in total. The number of ketones is 1. The number of nitrogens with zero attached hydrogens (tertiary/aromatic N) is 1. The molecule has 1 saturated carbocycles. The van der Waals surface area contributed by atoms with E-state index >= 15 is 0 Å². The van der Waals surface area contributed by atoms with Crippen molar-refractivity contribution in [2.75, 3.05) is 11.4 Å². The number of carbonyl (C=O) groups excluding carboxylic acids is 2. The number of rotatable bonds is 2. The van der Waals surface area contributed by atoms with Gasteiger partial charge in [-0.25, -0.2) is 0 Å². The van der Waals surface area contributed by atoms with E-state index in [9.17, 15) is 9.59 Å². The van der Waals surface area contributed by atoms with Crippen LogP contribution < -0.4 is 15.7 Å². The molecule has 1 N–H and O–H groups in total. The fourth-order valence-electron chi connectivity index (χ4n) is 5.67. The highest BCUT2D eigenvalue weighted by Crippen LogP contribution is 2.51. The summed E-state index contributed by atoms with van der Waals surface area (Å²) in [6.45, 7) is 15.1. The molecule has 0 radical (unpaired) electrons. The minimum absolute atomic E-state index is 0.0382. The molecule has 7 heteroatoms. The van der Waals surface area contributed by atoms with E-state index in [0.29, 0.717) is 32.2 Å². The molecule has 2 saturated heterocycles. The maximum Gasteiger partial charge on any atom is 0.494 e. The fraction of sp³-hybridized carbons (Fsp3) is 0.692. The number of anilines is 1. The van der Waals surface area contributed by atoms with Gasteiger partial charge in [-0.05, 0) is 69.6 Å². The van der Waals surface area contributed by atoms with Crippen molar-refractivity contribution in [2.45, 2.75) is 103 Å². The molecule has 0 bridgehead atoms. The summed E-state index contributed by atoms with van der Waals surface area (Å²) in [6.07, 6.45) is 2.05. The number of hydrogen-bond donors (Lipinski definition) is 1. The Bertz CT molecular complexity index is 1030. The Hall–Kier alpha value is -1.70. The van der Waals surface area contributed by atoms with E-state index in [4.69, 9.17) is 10.7 Å². The van der Waals surface area contributed by atoms with Gasteiger partial charge in [-0.2, -0.15) is 0 Å². The summed E-state index contributed by atoms with van der Waals surface area (Å²) >= 11 is 0. The second kappa shape index (κ2) is 7.16. The van der Waals surface area contributed by atoms with E-state index in [1.807, 2.05) is 44.7 Å². The average molecular weight is 453 g/mol. The molecule has 1 aromatic rings.